The summed E-state index contributed by atoms with van der Waals surface area (Å²) in [7, 11) is 0. The van der Waals surface area contributed by atoms with Crippen LogP contribution in [0.3, 0.4) is 0 Å². The average Bonchev–Trinajstić information content (AvgIpc) is 3.47. The van der Waals surface area contributed by atoms with Gasteiger partial charge in [0.2, 0.25) is 0 Å². The van der Waals surface area contributed by atoms with E-state index in [9.17, 15) is 14.1 Å². The molecule has 1 atom stereocenters. The molecular formula is C26H28N6O4S. The number of nitrogens with zero attached hydrogens (tertiary/aromatic N) is 2. The van der Waals surface area contributed by atoms with Crippen LogP contribution in [0.2, 0.25) is 0 Å². The Morgan fingerprint density at radius 1 is 1.19 bits per heavy atom. The Balaban J connectivity index is 1.29. The van der Waals surface area contributed by atoms with Crippen LogP contribution in [0.25, 0.3) is 22.5 Å². The second-order valence-corrected chi connectivity index (χ2v) is 10.2. The van der Waals surface area contributed by atoms with E-state index in [1.165, 1.54) is 5.41 Å². The SMILES string of the molecule is C=C[S+]([O-])CCNCc1ccc(-c2[nH]nc3c2C(=O)c2c(NC(=O)NN4CCOCC4)cccc2-3)cc1. The molecule has 1 aliphatic carbocycles. The molecule has 0 saturated carbocycles. The van der Waals surface area contributed by atoms with Gasteiger partial charge in [0.05, 0.1) is 35.7 Å². The Kier molecular flexibility index (Phi) is 7.68. The molecule has 0 bridgehead atoms. The third-order valence-corrected chi connectivity index (χ3v) is 7.27. The molecule has 1 saturated heterocycles. The first-order valence-corrected chi connectivity index (χ1v) is 13.4. The molecule has 2 aromatic carbocycles. The molecule has 10 nitrogen and oxygen atoms in total. The first-order valence-electron chi connectivity index (χ1n) is 12.0. The highest BCUT2D eigenvalue weighted by molar-refractivity contribution is 7.94. The number of aromatic nitrogens is 2. The number of aromatic amines is 1. The second-order valence-electron chi connectivity index (χ2n) is 8.67. The summed E-state index contributed by atoms with van der Waals surface area (Å²) in [5, 5.41) is 16.8. The highest BCUT2D eigenvalue weighted by Gasteiger charge is 2.35. The van der Waals surface area contributed by atoms with Crippen molar-refractivity contribution < 1.29 is 18.9 Å². The number of nitrogens with one attached hydrogen (secondary N) is 4. The highest BCUT2D eigenvalue weighted by Crippen LogP contribution is 2.42. The van der Waals surface area contributed by atoms with Crippen LogP contribution in [0.15, 0.2) is 54.5 Å². The third-order valence-electron chi connectivity index (χ3n) is 6.30. The number of hydrogen-bond donors (Lipinski definition) is 4. The van der Waals surface area contributed by atoms with Crippen molar-refractivity contribution in [1.82, 2.24) is 25.9 Å². The van der Waals surface area contributed by atoms with Crippen molar-refractivity contribution in [1.29, 1.82) is 0 Å². The van der Waals surface area contributed by atoms with E-state index in [0.29, 0.717) is 78.9 Å². The van der Waals surface area contributed by atoms with Crippen molar-refractivity contribution in [3.63, 3.8) is 0 Å². The Bertz CT molecular complexity index is 1300. The van der Waals surface area contributed by atoms with Gasteiger partial charge in [0.15, 0.2) is 5.78 Å². The molecule has 37 heavy (non-hydrogen) atoms. The lowest BCUT2D eigenvalue weighted by atomic mass is 10.0. The zero-order chi connectivity index (χ0) is 25.8. The van der Waals surface area contributed by atoms with Crippen molar-refractivity contribution in [3.05, 3.63) is 71.1 Å². The minimum Gasteiger partial charge on any atom is -0.612 e. The fourth-order valence-electron chi connectivity index (χ4n) is 4.44. The van der Waals surface area contributed by atoms with Crippen LogP contribution in [0.4, 0.5) is 10.5 Å². The fraction of sp³-hybridized carbons (Fsp3) is 0.269. The van der Waals surface area contributed by atoms with Crippen molar-refractivity contribution in [2.45, 2.75) is 6.54 Å². The van der Waals surface area contributed by atoms with Gasteiger partial charge in [-0.2, -0.15) is 5.10 Å². The number of urea groups is 1. The number of hydrazine groups is 1. The number of morpholine rings is 1. The molecule has 192 valence electrons. The zero-order valence-electron chi connectivity index (χ0n) is 20.2. The van der Waals surface area contributed by atoms with Crippen molar-refractivity contribution in [2.75, 3.05) is 43.9 Å². The number of rotatable bonds is 9. The summed E-state index contributed by atoms with van der Waals surface area (Å²) >= 11 is -1.01. The van der Waals surface area contributed by atoms with Crippen LogP contribution in [0.5, 0.6) is 0 Å². The van der Waals surface area contributed by atoms with Gasteiger partial charge < -0.3 is 19.9 Å². The lowest BCUT2D eigenvalue weighted by molar-refractivity contribution is 0.0207. The van der Waals surface area contributed by atoms with E-state index in [-0.39, 0.29) is 5.78 Å². The monoisotopic (exact) mass is 520 g/mol. The zero-order valence-corrected chi connectivity index (χ0v) is 21.0. The predicted octanol–water partition coefficient (Wildman–Crippen LogP) is 2.64. The quantitative estimate of drug-likeness (QED) is 0.197. The number of hydrogen-bond acceptors (Lipinski definition) is 7. The number of carbonyl (C=O) groups is 2. The number of anilines is 1. The summed E-state index contributed by atoms with van der Waals surface area (Å²) in [5.74, 6) is 0.341. The van der Waals surface area contributed by atoms with Crippen LogP contribution in [0, 0.1) is 0 Å². The highest BCUT2D eigenvalue weighted by atomic mass is 32.2. The largest absolute Gasteiger partial charge is 0.612 e. The summed E-state index contributed by atoms with van der Waals surface area (Å²) < 4.78 is 16.7. The van der Waals surface area contributed by atoms with E-state index >= 15 is 0 Å². The van der Waals surface area contributed by atoms with E-state index in [1.807, 2.05) is 30.3 Å². The lowest BCUT2D eigenvalue weighted by Gasteiger charge is -2.27. The first kappa shape index (κ1) is 25.2. The molecule has 11 heteroatoms. The molecule has 0 radical (unpaired) electrons. The molecule has 3 aromatic rings. The van der Waals surface area contributed by atoms with Crippen LogP contribution in [0.1, 0.15) is 21.5 Å². The van der Waals surface area contributed by atoms with Gasteiger partial charge in [-0.05, 0) is 22.8 Å². The molecular weight excluding hydrogens is 492 g/mol. The van der Waals surface area contributed by atoms with Gasteiger partial charge in [0.1, 0.15) is 16.9 Å². The van der Waals surface area contributed by atoms with Gasteiger partial charge in [0.25, 0.3) is 0 Å². The summed E-state index contributed by atoms with van der Waals surface area (Å²) in [5.41, 5.74) is 7.98. The predicted molar refractivity (Wildman–Crippen MR) is 142 cm³/mol. The van der Waals surface area contributed by atoms with Crippen LogP contribution < -0.4 is 16.1 Å². The molecule has 1 fully saturated rings. The van der Waals surface area contributed by atoms with Gasteiger partial charge in [-0.15, -0.1) is 0 Å². The Hall–Kier alpha value is -3.48. The summed E-state index contributed by atoms with van der Waals surface area (Å²) in [6.07, 6.45) is 0. The normalized spacial score (nSPS) is 15.6. The average molecular weight is 521 g/mol. The number of ether oxygens (including phenoxy) is 1. The molecule has 2 aliphatic rings. The maximum atomic E-state index is 13.6. The van der Waals surface area contributed by atoms with Crippen molar-refractivity contribution in [2.24, 2.45) is 0 Å². The number of H-pyrrole nitrogens is 1. The van der Waals surface area contributed by atoms with E-state index in [0.717, 1.165) is 11.1 Å². The lowest BCUT2D eigenvalue weighted by Crippen LogP contribution is -2.49. The van der Waals surface area contributed by atoms with Crippen LogP contribution >= 0.6 is 0 Å². The molecule has 2 heterocycles. The number of carbonyl (C=O) groups excluding carboxylic acids is 2. The van der Waals surface area contributed by atoms with Gasteiger partial charge >= 0.3 is 6.03 Å². The fourth-order valence-corrected chi connectivity index (χ4v) is 4.95. The Morgan fingerprint density at radius 2 is 1.97 bits per heavy atom. The molecule has 2 amide bonds. The number of fused-ring (bicyclic) bond motifs is 3. The minimum absolute atomic E-state index is 0.183. The van der Waals surface area contributed by atoms with Gasteiger partial charge in [-0.1, -0.05) is 43.0 Å². The van der Waals surface area contributed by atoms with Gasteiger partial charge in [0, 0.05) is 37.3 Å². The van der Waals surface area contributed by atoms with Crippen molar-refractivity contribution in [3.8, 4) is 22.5 Å². The number of amides is 2. The van der Waals surface area contributed by atoms with E-state index in [2.05, 4.69) is 32.8 Å². The molecule has 4 N–H and O–H groups in total. The molecule has 1 aliphatic heterocycles. The summed E-state index contributed by atoms with van der Waals surface area (Å²) in [4.78, 5) is 26.2. The van der Waals surface area contributed by atoms with E-state index in [1.54, 1.807) is 17.1 Å². The van der Waals surface area contributed by atoms with E-state index in [4.69, 9.17) is 4.74 Å². The summed E-state index contributed by atoms with van der Waals surface area (Å²) in [6.45, 7) is 7.10. The summed E-state index contributed by atoms with van der Waals surface area (Å²) in [6, 6.07) is 12.8. The van der Waals surface area contributed by atoms with Crippen LogP contribution in [-0.2, 0) is 22.5 Å². The Morgan fingerprint density at radius 3 is 2.73 bits per heavy atom. The Labute approximate surface area is 217 Å². The standard InChI is InChI=1S/C26H28N6O4S/c1-2-37(35)15-10-27-16-17-6-8-18(9-7-17)23-22-24(30-29-23)19-4-3-5-20(21(19)25(22)33)28-26(34)31-32-11-13-36-14-12-32/h2-9,27H,1,10-16H2,(H,29,30)(H2,28,31,34). The third kappa shape index (κ3) is 5.45. The topological polar surface area (TPSA) is 134 Å². The van der Waals surface area contributed by atoms with Crippen molar-refractivity contribution >= 4 is 28.7 Å². The molecule has 5 rings (SSSR count). The first-order chi connectivity index (χ1) is 18.0. The number of ketones is 1. The molecule has 1 aromatic heterocycles. The maximum absolute atomic E-state index is 13.6. The van der Waals surface area contributed by atoms with Gasteiger partial charge in [-0.25, -0.2) is 9.80 Å². The number of benzene rings is 2. The minimum atomic E-state index is -1.01. The van der Waals surface area contributed by atoms with Crippen LogP contribution in [-0.4, -0.2) is 70.2 Å². The molecule has 0 spiro atoms. The van der Waals surface area contributed by atoms with E-state index < -0.39 is 17.2 Å². The second kappa shape index (κ2) is 11.3. The smallest absolute Gasteiger partial charge is 0.333 e. The van der Waals surface area contributed by atoms with Gasteiger partial charge in [-0.3, -0.25) is 15.3 Å². The maximum Gasteiger partial charge on any atom is 0.333 e. The molecule has 1 unspecified atom stereocenters.